The van der Waals surface area contributed by atoms with E-state index in [1.54, 1.807) is 24.3 Å². The number of halogens is 3. The molecule has 1 aromatic heterocycles. The second-order valence-corrected chi connectivity index (χ2v) is 9.18. The van der Waals surface area contributed by atoms with Gasteiger partial charge in [-0.25, -0.2) is 4.79 Å². The third-order valence-corrected chi connectivity index (χ3v) is 6.46. The highest BCUT2D eigenvalue weighted by Gasteiger charge is 2.40. The highest BCUT2D eigenvalue weighted by atomic mass is 19.4. The molecule has 41 heavy (non-hydrogen) atoms. The van der Waals surface area contributed by atoms with E-state index in [4.69, 9.17) is 13.9 Å². The van der Waals surface area contributed by atoms with Gasteiger partial charge in [0.2, 0.25) is 11.2 Å². The van der Waals surface area contributed by atoms with E-state index >= 15 is 0 Å². The van der Waals surface area contributed by atoms with Gasteiger partial charge in [-0.05, 0) is 57.4 Å². The Hall–Kier alpha value is -5.37. The number of benzene rings is 5. The molecule has 0 bridgehead atoms. The van der Waals surface area contributed by atoms with Crippen LogP contribution in [0.2, 0.25) is 0 Å². The third-order valence-electron chi connectivity index (χ3n) is 6.46. The molecule has 6 aromatic rings. The van der Waals surface area contributed by atoms with Crippen molar-refractivity contribution in [3.8, 4) is 17.2 Å². The minimum Gasteiger partial charge on any atom is -0.449 e. The molecule has 0 saturated heterocycles. The number of rotatable bonds is 5. The standard InChI is InChI=1S/C33H19F3O5/c34-33(35,36)32-31(40-24-14-12-20-6-1-2-8-23(20)18-24)30(38)27-16-15-25(19-28(27)41-32)39-29(37)17-13-22-10-5-9-21-7-3-4-11-26(21)22/h1-19H/b17-13+. The average molecular weight is 553 g/mol. The first kappa shape index (κ1) is 25.9. The number of hydrogen-bond donors (Lipinski definition) is 0. The predicted octanol–water partition coefficient (Wildman–Crippen LogP) is 8.53. The molecule has 5 aromatic carbocycles. The molecule has 0 amide bonds. The smallest absolute Gasteiger partial charge is 0.449 e. The average Bonchev–Trinajstić information content (AvgIpc) is 2.96. The second-order valence-electron chi connectivity index (χ2n) is 9.18. The molecule has 0 radical (unpaired) electrons. The van der Waals surface area contributed by atoms with Crippen LogP contribution in [0.4, 0.5) is 13.2 Å². The largest absolute Gasteiger partial charge is 0.453 e. The number of hydrogen-bond acceptors (Lipinski definition) is 5. The first-order valence-corrected chi connectivity index (χ1v) is 12.5. The van der Waals surface area contributed by atoms with Crippen LogP contribution in [0, 0.1) is 0 Å². The molecule has 0 fully saturated rings. The van der Waals surface area contributed by atoms with Crippen LogP contribution in [0.1, 0.15) is 11.3 Å². The Balaban J connectivity index is 1.31. The molecule has 202 valence electrons. The van der Waals surface area contributed by atoms with Crippen molar-refractivity contribution in [3.63, 3.8) is 0 Å². The van der Waals surface area contributed by atoms with Gasteiger partial charge in [0, 0.05) is 12.1 Å². The maximum absolute atomic E-state index is 14.0. The lowest BCUT2D eigenvalue weighted by Crippen LogP contribution is -2.15. The number of carbonyl (C=O) groups excluding carboxylic acids is 1. The summed E-state index contributed by atoms with van der Waals surface area (Å²) < 4.78 is 57.9. The Kier molecular flexibility index (Phi) is 6.51. The normalized spacial score (nSPS) is 11.9. The summed E-state index contributed by atoms with van der Waals surface area (Å²) in [5, 5.41) is 3.35. The highest BCUT2D eigenvalue weighted by molar-refractivity contribution is 5.95. The van der Waals surface area contributed by atoms with Crippen molar-refractivity contribution >= 4 is 44.6 Å². The summed E-state index contributed by atoms with van der Waals surface area (Å²) in [6.45, 7) is 0. The molecule has 0 N–H and O–H groups in total. The van der Waals surface area contributed by atoms with Gasteiger partial charge in [-0.1, -0.05) is 72.8 Å². The van der Waals surface area contributed by atoms with Crippen molar-refractivity contribution in [3.05, 3.63) is 131 Å². The summed E-state index contributed by atoms with van der Waals surface area (Å²) >= 11 is 0. The van der Waals surface area contributed by atoms with Gasteiger partial charge in [0.25, 0.3) is 5.76 Å². The van der Waals surface area contributed by atoms with Crippen LogP contribution in [0.5, 0.6) is 17.2 Å². The van der Waals surface area contributed by atoms with E-state index in [2.05, 4.69) is 0 Å². The van der Waals surface area contributed by atoms with E-state index < -0.39 is 34.7 Å². The van der Waals surface area contributed by atoms with Gasteiger partial charge in [-0.15, -0.1) is 0 Å². The zero-order valence-corrected chi connectivity index (χ0v) is 21.1. The van der Waals surface area contributed by atoms with Crippen molar-refractivity contribution < 1.29 is 31.9 Å². The highest BCUT2D eigenvalue weighted by Crippen LogP contribution is 2.39. The third kappa shape index (κ3) is 5.27. The molecule has 0 atom stereocenters. The van der Waals surface area contributed by atoms with Crippen LogP contribution in [0.15, 0.2) is 118 Å². The van der Waals surface area contributed by atoms with Crippen molar-refractivity contribution in [1.29, 1.82) is 0 Å². The molecular formula is C33H19F3O5. The lowest BCUT2D eigenvalue weighted by Gasteiger charge is -2.14. The zero-order chi connectivity index (χ0) is 28.6. The Morgan fingerprint density at radius 2 is 1.44 bits per heavy atom. The number of esters is 1. The van der Waals surface area contributed by atoms with Crippen LogP contribution in [0.3, 0.4) is 0 Å². The van der Waals surface area contributed by atoms with Crippen LogP contribution in [0.25, 0.3) is 38.6 Å². The van der Waals surface area contributed by atoms with Crippen LogP contribution in [-0.4, -0.2) is 5.97 Å². The maximum atomic E-state index is 14.0. The monoisotopic (exact) mass is 552 g/mol. The van der Waals surface area contributed by atoms with E-state index in [0.717, 1.165) is 33.2 Å². The van der Waals surface area contributed by atoms with Crippen LogP contribution >= 0.6 is 0 Å². The Morgan fingerprint density at radius 3 is 2.24 bits per heavy atom. The Bertz CT molecular complexity index is 2030. The van der Waals surface area contributed by atoms with Crippen LogP contribution in [-0.2, 0) is 11.0 Å². The van der Waals surface area contributed by atoms with Crippen molar-refractivity contribution in [2.24, 2.45) is 0 Å². The van der Waals surface area contributed by atoms with E-state index in [9.17, 15) is 22.8 Å². The zero-order valence-electron chi connectivity index (χ0n) is 21.1. The molecule has 5 nitrogen and oxygen atoms in total. The van der Waals surface area contributed by atoms with Gasteiger partial charge >= 0.3 is 12.1 Å². The maximum Gasteiger partial charge on any atom is 0.453 e. The number of fused-ring (bicyclic) bond motifs is 3. The molecule has 8 heteroatoms. The summed E-state index contributed by atoms with van der Waals surface area (Å²) in [4.78, 5) is 25.7. The number of ether oxygens (including phenoxy) is 2. The van der Waals surface area contributed by atoms with E-state index in [-0.39, 0.29) is 16.9 Å². The predicted molar refractivity (Wildman–Crippen MR) is 150 cm³/mol. The minimum absolute atomic E-state index is 0.0457. The molecule has 0 saturated carbocycles. The number of alkyl halides is 3. The summed E-state index contributed by atoms with van der Waals surface area (Å²) in [6, 6.07) is 28.8. The summed E-state index contributed by atoms with van der Waals surface area (Å²) in [5.41, 5.74) is -0.629. The fourth-order valence-corrected chi connectivity index (χ4v) is 4.55. The Labute approximate surface area is 230 Å². The molecule has 6 rings (SSSR count). The summed E-state index contributed by atoms with van der Waals surface area (Å²) in [7, 11) is 0. The molecule has 0 unspecified atom stereocenters. The quantitative estimate of drug-likeness (QED) is 0.122. The van der Waals surface area contributed by atoms with Gasteiger partial charge in [0.1, 0.15) is 17.1 Å². The summed E-state index contributed by atoms with van der Waals surface area (Å²) in [5.74, 6) is -3.38. The number of carbonyl (C=O) groups is 1. The second kappa shape index (κ2) is 10.3. The Morgan fingerprint density at radius 1 is 0.732 bits per heavy atom. The molecule has 0 aliphatic heterocycles. The van der Waals surface area contributed by atoms with Crippen molar-refractivity contribution in [2.75, 3.05) is 0 Å². The van der Waals surface area contributed by atoms with Crippen LogP contribution < -0.4 is 14.9 Å². The molecule has 0 aliphatic carbocycles. The first-order chi connectivity index (χ1) is 19.8. The van der Waals surface area contributed by atoms with Gasteiger partial charge in [-0.3, -0.25) is 4.79 Å². The molecule has 1 heterocycles. The minimum atomic E-state index is -5.03. The first-order valence-electron chi connectivity index (χ1n) is 12.5. The molecule has 0 spiro atoms. The van der Waals surface area contributed by atoms with E-state index in [1.165, 1.54) is 30.3 Å². The fraction of sp³-hybridized carbons (Fsp3) is 0.0303. The SMILES string of the molecule is O=C(/C=C/c1cccc2ccccc12)Oc1ccc2c(=O)c(Oc3ccc4ccccc4c3)c(C(F)(F)F)oc2c1. The van der Waals surface area contributed by atoms with Gasteiger partial charge in [-0.2, -0.15) is 13.2 Å². The van der Waals surface area contributed by atoms with Gasteiger partial charge in [0.15, 0.2) is 0 Å². The van der Waals surface area contributed by atoms with Gasteiger partial charge in [0.05, 0.1) is 5.39 Å². The van der Waals surface area contributed by atoms with E-state index in [1.807, 2.05) is 54.6 Å². The molecule has 0 aliphatic rings. The summed E-state index contributed by atoms with van der Waals surface area (Å²) in [6.07, 6.45) is -2.23. The van der Waals surface area contributed by atoms with Gasteiger partial charge < -0.3 is 13.9 Å². The lowest BCUT2D eigenvalue weighted by atomic mass is 10.0. The van der Waals surface area contributed by atoms with Crippen molar-refractivity contribution in [2.45, 2.75) is 6.18 Å². The topological polar surface area (TPSA) is 65.7 Å². The molecular weight excluding hydrogens is 533 g/mol. The van der Waals surface area contributed by atoms with Crippen molar-refractivity contribution in [1.82, 2.24) is 0 Å². The lowest BCUT2D eigenvalue weighted by molar-refractivity contribution is -0.154. The van der Waals surface area contributed by atoms with E-state index in [0.29, 0.717) is 0 Å². The fourth-order valence-electron chi connectivity index (χ4n) is 4.55.